The van der Waals surface area contributed by atoms with Crippen LogP contribution in [0.1, 0.15) is 19.5 Å². The van der Waals surface area contributed by atoms with Gasteiger partial charge < -0.3 is 5.32 Å². The molecule has 0 aliphatic heterocycles. The fraction of sp³-hybridized carbons (Fsp3) is 0.385. The zero-order valence-corrected chi connectivity index (χ0v) is 15.0. The highest BCUT2D eigenvalue weighted by Gasteiger charge is 2.12. The summed E-state index contributed by atoms with van der Waals surface area (Å²) in [7, 11) is 1.88. The Balaban J connectivity index is 2.44. The molecule has 0 atom stereocenters. The molecule has 2 aromatic rings. The van der Waals surface area contributed by atoms with Crippen LogP contribution in [0.25, 0.3) is 10.7 Å². The minimum absolute atomic E-state index is 0.578. The third-order valence-electron chi connectivity index (χ3n) is 2.52. The second-order valence-electron chi connectivity index (χ2n) is 4.65. The molecule has 6 heteroatoms. The molecule has 0 aromatic carbocycles. The lowest BCUT2D eigenvalue weighted by atomic mass is 10.1. The summed E-state index contributed by atoms with van der Waals surface area (Å²) in [5.41, 5.74) is 1.07. The van der Waals surface area contributed by atoms with Gasteiger partial charge in [-0.3, -0.25) is 0 Å². The number of anilines is 1. The van der Waals surface area contributed by atoms with Crippen molar-refractivity contribution in [3.63, 3.8) is 0 Å². The third-order valence-corrected chi connectivity index (χ3v) is 5.77. The van der Waals surface area contributed by atoms with Gasteiger partial charge in [0, 0.05) is 23.3 Å². The Hall–Kier alpha value is -0.460. The van der Waals surface area contributed by atoms with E-state index in [1.165, 1.54) is 0 Å². The Morgan fingerprint density at radius 2 is 2.00 bits per heavy atom. The van der Waals surface area contributed by atoms with Crippen LogP contribution in [0.15, 0.2) is 20.4 Å². The van der Waals surface area contributed by atoms with Gasteiger partial charge in [-0.25, -0.2) is 9.97 Å². The van der Waals surface area contributed by atoms with Gasteiger partial charge in [-0.1, -0.05) is 13.8 Å². The molecule has 2 heterocycles. The normalized spacial score (nSPS) is 11.1. The largest absolute Gasteiger partial charge is 0.373 e. The number of nitrogens with one attached hydrogen (secondary N) is 1. The summed E-state index contributed by atoms with van der Waals surface area (Å²) >= 11 is 8.64. The van der Waals surface area contributed by atoms with Crippen molar-refractivity contribution in [1.29, 1.82) is 0 Å². The van der Waals surface area contributed by atoms with Crippen molar-refractivity contribution in [2.45, 2.75) is 20.3 Å². The van der Waals surface area contributed by atoms with Crippen molar-refractivity contribution in [2.24, 2.45) is 5.92 Å². The average molecular weight is 405 g/mol. The van der Waals surface area contributed by atoms with E-state index in [9.17, 15) is 0 Å². The quantitative estimate of drug-likeness (QED) is 0.781. The minimum Gasteiger partial charge on any atom is -0.373 e. The summed E-state index contributed by atoms with van der Waals surface area (Å²) in [4.78, 5) is 10.3. The van der Waals surface area contributed by atoms with Crippen molar-refractivity contribution >= 4 is 49.0 Å². The Bertz CT molecular complexity index is 562. The van der Waals surface area contributed by atoms with Crippen LogP contribution in [-0.4, -0.2) is 17.0 Å². The number of halogens is 2. The number of hydrogen-bond donors (Lipinski definition) is 1. The van der Waals surface area contributed by atoms with E-state index in [0.29, 0.717) is 5.92 Å². The fourth-order valence-electron chi connectivity index (χ4n) is 1.72. The molecule has 0 aliphatic carbocycles. The molecule has 102 valence electrons. The van der Waals surface area contributed by atoms with Gasteiger partial charge in [0.1, 0.15) is 5.82 Å². The molecule has 0 radical (unpaired) electrons. The second kappa shape index (κ2) is 6.33. The summed E-state index contributed by atoms with van der Waals surface area (Å²) in [6, 6.07) is 4.06. The molecule has 0 bridgehead atoms. The van der Waals surface area contributed by atoms with E-state index in [2.05, 4.69) is 61.0 Å². The van der Waals surface area contributed by atoms with Crippen LogP contribution in [-0.2, 0) is 6.42 Å². The number of nitrogens with zero attached hydrogens (tertiary/aromatic N) is 2. The molecule has 19 heavy (non-hydrogen) atoms. The number of aromatic nitrogens is 2. The van der Waals surface area contributed by atoms with Gasteiger partial charge in [-0.05, 0) is 50.3 Å². The van der Waals surface area contributed by atoms with Crippen LogP contribution in [0.5, 0.6) is 0 Å². The summed E-state index contributed by atoms with van der Waals surface area (Å²) in [6.07, 6.45) is 0.956. The minimum atomic E-state index is 0.578. The first kappa shape index (κ1) is 14.9. The topological polar surface area (TPSA) is 37.8 Å². The average Bonchev–Trinajstić information content (AvgIpc) is 2.68. The van der Waals surface area contributed by atoms with Crippen LogP contribution in [0.4, 0.5) is 5.82 Å². The van der Waals surface area contributed by atoms with E-state index in [4.69, 9.17) is 0 Å². The van der Waals surface area contributed by atoms with Gasteiger partial charge in [0.2, 0.25) is 0 Å². The molecule has 2 aromatic heterocycles. The van der Waals surface area contributed by atoms with Crippen LogP contribution >= 0.6 is 43.2 Å². The zero-order valence-electron chi connectivity index (χ0n) is 11.0. The monoisotopic (exact) mass is 403 g/mol. The standard InChI is InChI=1S/C13H15Br2N3S/c1-7(2)4-8-5-11(16-3)18-13(17-8)10-6-9(14)12(15)19-10/h5-7H,4H2,1-3H3,(H,16,17,18). The first-order chi connectivity index (χ1) is 8.99. The molecule has 0 amide bonds. The van der Waals surface area contributed by atoms with E-state index in [1.807, 2.05) is 19.2 Å². The summed E-state index contributed by atoms with van der Waals surface area (Å²) < 4.78 is 2.10. The molecule has 2 rings (SSSR count). The van der Waals surface area contributed by atoms with E-state index in [-0.39, 0.29) is 0 Å². The van der Waals surface area contributed by atoms with E-state index in [0.717, 1.165) is 36.9 Å². The van der Waals surface area contributed by atoms with Crippen LogP contribution in [0.2, 0.25) is 0 Å². The number of rotatable bonds is 4. The van der Waals surface area contributed by atoms with Crippen LogP contribution in [0.3, 0.4) is 0 Å². The third kappa shape index (κ3) is 3.77. The predicted molar refractivity (Wildman–Crippen MR) is 88.8 cm³/mol. The first-order valence-corrected chi connectivity index (χ1v) is 8.40. The van der Waals surface area contributed by atoms with Crippen molar-refractivity contribution in [3.8, 4) is 10.7 Å². The molecular weight excluding hydrogens is 390 g/mol. The Labute approximate surface area is 134 Å². The lowest BCUT2D eigenvalue weighted by Crippen LogP contribution is -2.03. The fourth-order valence-corrected chi connectivity index (χ4v) is 3.69. The maximum atomic E-state index is 4.66. The lowest BCUT2D eigenvalue weighted by Gasteiger charge is -2.08. The van der Waals surface area contributed by atoms with Crippen molar-refractivity contribution in [2.75, 3.05) is 12.4 Å². The zero-order chi connectivity index (χ0) is 14.0. The van der Waals surface area contributed by atoms with Crippen molar-refractivity contribution < 1.29 is 0 Å². The van der Waals surface area contributed by atoms with Gasteiger partial charge in [-0.2, -0.15) is 0 Å². The Morgan fingerprint density at radius 3 is 2.53 bits per heavy atom. The van der Waals surface area contributed by atoms with Crippen molar-refractivity contribution in [1.82, 2.24) is 9.97 Å². The highest BCUT2D eigenvalue weighted by Crippen LogP contribution is 2.37. The van der Waals surface area contributed by atoms with Crippen LogP contribution < -0.4 is 5.32 Å². The molecule has 0 spiro atoms. The summed E-state index contributed by atoms with van der Waals surface area (Å²) in [5.74, 6) is 2.22. The Kier molecular flexibility index (Phi) is 4.97. The molecule has 0 saturated carbocycles. The first-order valence-electron chi connectivity index (χ1n) is 6.00. The maximum absolute atomic E-state index is 4.66. The summed E-state index contributed by atoms with van der Waals surface area (Å²) in [5, 5.41) is 3.10. The van der Waals surface area contributed by atoms with E-state index >= 15 is 0 Å². The predicted octanol–water partition coefficient (Wildman–Crippen LogP) is 4.97. The lowest BCUT2D eigenvalue weighted by molar-refractivity contribution is 0.635. The Morgan fingerprint density at radius 1 is 1.26 bits per heavy atom. The van der Waals surface area contributed by atoms with Gasteiger partial charge >= 0.3 is 0 Å². The highest BCUT2D eigenvalue weighted by molar-refractivity contribution is 9.13. The van der Waals surface area contributed by atoms with Crippen molar-refractivity contribution in [3.05, 3.63) is 26.1 Å². The van der Waals surface area contributed by atoms with Gasteiger partial charge in [0.25, 0.3) is 0 Å². The number of hydrogen-bond acceptors (Lipinski definition) is 4. The molecule has 0 saturated heterocycles. The molecule has 3 nitrogen and oxygen atoms in total. The molecule has 0 unspecified atom stereocenters. The molecule has 0 fully saturated rings. The number of thiophene rings is 1. The second-order valence-corrected chi connectivity index (χ2v) is 7.87. The molecule has 1 N–H and O–H groups in total. The smallest absolute Gasteiger partial charge is 0.171 e. The van der Waals surface area contributed by atoms with Gasteiger partial charge in [0.05, 0.1) is 8.66 Å². The molecule has 0 aliphatic rings. The van der Waals surface area contributed by atoms with E-state index < -0.39 is 0 Å². The highest BCUT2D eigenvalue weighted by atomic mass is 79.9. The SMILES string of the molecule is CNc1cc(CC(C)C)nc(-c2cc(Br)c(Br)s2)n1. The van der Waals surface area contributed by atoms with Gasteiger partial charge in [-0.15, -0.1) is 11.3 Å². The summed E-state index contributed by atoms with van der Waals surface area (Å²) in [6.45, 7) is 4.39. The van der Waals surface area contributed by atoms with E-state index in [1.54, 1.807) is 11.3 Å². The maximum Gasteiger partial charge on any atom is 0.171 e. The van der Waals surface area contributed by atoms with Crippen LogP contribution in [0, 0.1) is 5.92 Å². The van der Waals surface area contributed by atoms with Gasteiger partial charge in [0.15, 0.2) is 5.82 Å². The molecular formula is C13H15Br2N3S.